The van der Waals surface area contributed by atoms with Crippen molar-refractivity contribution in [3.63, 3.8) is 0 Å². The Bertz CT molecular complexity index is 666. The van der Waals surface area contributed by atoms with Gasteiger partial charge in [0.2, 0.25) is 0 Å². The average Bonchev–Trinajstić information content (AvgIpc) is 2.92. The van der Waals surface area contributed by atoms with E-state index < -0.39 is 0 Å². The largest absolute Gasteiger partial charge is 0.354 e. The Kier molecular flexibility index (Phi) is 2.84. The number of hydrazine groups is 2. The number of benzene rings is 1. The van der Waals surface area contributed by atoms with Gasteiger partial charge in [-0.25, -0.2) is 19.4 Å². The normalized spacial score (nSPS) is 13.7. The minimum Gasteiger partial charge on any atom is -0.354 e. The van der Waals surface area contributed by atoms with Crippen molar-refractivity contribution in [1.29, 1.82) is 0 Å². The van der Waals surface area contributed by atoms with E-state index in [1.54, 1.807) is 12.1 Å². The summed E-state index contributed by atoms with van der Waals surface area (Å²) >= 11 is 0. The molecule has 1 aromatic heterocycles. The fraction of sp³-hybridized carbons (Fsp3) is 0.0833. The van der Waals surface area contributed by atoms with Gasteiger partial charge in [0.05, 0.1) is 5.69 Å². The third-order valence-electron chi connectivity index (χ3n) is 2.91. The van der Waals surface area contributed by atoms with Crippen LogP contribution in [-0.2, 0) is 0 Å². The van der Waals surface area contributed by atoms with Crippen LogP contribution in [0.25, 0.3) is 0 Å². The van der Waals surface area contributed by atoms with E-state index in [1.165, 1.54) is 23.0 Å². The highest BCUT2D eigenvalue weighted by Crippen LogP contribution is 2.21. The molecule has 0 saturated heterocycles. The topological polar surface area (TPSA) is 91.3 Å². The van der Waals surface area contributed by atoms with Gasteiger partial charge in [-0.2, -0.15) is 0 Å². The molecule has 1 aliphatic rings. The van der Waals surface area contributed by atoms with Gasteiger partial charge >= 0.3 is 6.03 Å². The van der Waals surface area contributed by atoms with Crippen LogP contribution in [-0.4, -0.2) is 28.5 Å². The fourth-order valence-corrected chi connectivity index (χ4v) is 1.91. The van der Waals surface area contributed by atoms with Gasteiger partial charge in [0.25, 0.3) is 5.91 Å². The van der Waals surface area contributed by atoms with Crippen LogP contribution in [0.1, 0.15) is 10.5 Å². The number of anilines is 2. The first-order chi connectivity index (χ1) is 9.72. The number of hydrogen-bond donors (Lipinski definition) is 3. The second-order valence-corrected chi connectivity index (χ2v) is 4.08. The summed E-state index contributed by atoms with van der Waals surface area (Å²) in [6.07, 6.45) is 1.31. The molecule has 0 atom stereocenters. The summed E-state index contributed by atoms with van der Waals surface area (Å²) in [5.74, 6) is -0.0597. The van der Waals surface area contributed by atoms with Gasteiger partial charge in [0, 0.05) is 7.05 Å². The summed E-state index contributed by atoms with van der Waals surface area (Å²) in [5.41, 5.74) is 6.37. The molecule has 3 N–H and O–H groups in total. The summed E-state index contributed by atoms with van der Waals surface area (Å²) in [6, 6.07) is 8.72. The first-order valence-electron chi connectivity index (χ1n) is 5.93. The predicted octanol–water partition coefficient (Wildman–Crippen LogP) is 0.562. The lowest BCUT2D eigenvalue weighted by Crippen LogP contribution is -2.53. The number of carbonyl (C=O) groups excluding carboxylic acids is 2. The molecule has 0 unspecified atom stereocenters. The van der Waals surface area contributed by atoms with E-state index in [4.69, 9.17) is 0 Å². The molecule has 0 fully saturated rings. The standard InChI is InChI=1S/C12H12N6O2/c1-13-11(19)9-10-15-16-18(8-5-3-2-4-6-8)12(20)17(10)7-14-9/h2-7,15-16H,1H3,(H,13,19). The van der Waals surface area contributed by atoms with Crippen LogP contribution in [0.4, 0.5) is 16.3 Å². The summed E-state index contributed by atoms with van der Waals surface area (Å²) in [6.45, 7) is 0. The van der Waals surface area contributed by atoms with Crippen LogP contribution in [0.3, 0.4) is 0 Å². The van der Waals surface area contributed by atoms with Gasteiger partial charge in [-0.3, -0.25) is 10.2 Å². The molecule has 1 aromatic carbocycles. The van der Waals surface area contributed by atoms with Crippen molar-refractivity contribution in [3.05, 3.63) is 42.4 Å². The van der Waals surface area contributed by atoms with Gasteiger partial charge < -0.3 is 5.32 Å². The zero-order valence-electron chi connectivity index (χ0n) is 10.6. The number of fused-ring (bicyclic) bond motifs is 1. The van der Waals surface area contributed by atoms with Crippen LogP contribution in [0.5, 0.6) is 0 Å². The number of nitrogens with zero attached hydrogens (tertiary/aromatic N) is 3. The molecule has 2 amide bonds. The first kappa shape index (κ1) is 12.2. The Morgan fingerprint density at radius 2 is 2.05 bits per heavy atom. The predicted molar refractivity (Wildman–Crippen MR) is 72.1 cm³/mol. The number of aromatic nitrogens is 2. The molecular formula is C12H12N6O2. The van der Waals surface area contributed by atoms with Crippen LogP contribution >= 0.6 is 0 Å². The number of carbonyl (C=O) groups is 2. The first-order valence-corrected chi connectivity index (χ1v) is 5.93. The highest BCUT2D eigenvalue weighted by atomic mass is 16.2. The second-order valence-electron chi connectivity index (χ2n) is 4.08. The van der Waals surface area contributed by atoms with E-state index in [1.807, 2.05) is 18.2 Å². The quantitative estimate of drug-likeness (QED) is 0.743. The fourth-order valence-electron chi connectivity index (χ4n) is 1.91. The van der Waals surface area contributed by atoms with Crippen molar-refractivity contribution in [2.75, 3.05) is 17.5 Å². The molecule has 0 aliphatic carbocycles. The molecule has 0 bridgehead atoms. The highest BCUT2D eigenvalue weighted by Gasteiger charge is 2.29. The van der Waals surface area contributed by atoms with Crippen molar-refractivity contribution in [2.24, 2.45) is 0 Å². The summed E-state index contributed by atoms with van der Waals surface area (Å²) in [5, 5.41) is 3.79. The van der Waals surface area contributed by atoms with Crippen LogP contribution in [0, 0.1) is 0 Å². The molecule has 2 heterocycles. The number of amides is 2. The second kappa shape index (κ2) is 4.67. The summed E-state index contributed by atoms with van der Waals surface area (Å²) < 4.78 is 1.27. The van der Waals surface area contributed by atoms with Crippen molar-refractivity contribution < 1.29 is 9.59 Å². The SMILES string of the molecule is CNC(=O)c1ncn2c1NNN(c1ccccc1)C2=O. The van der Waals surface area contributed by atoms with E-state index in [9.17, 15) is 9.59 Å². The zero-order chi connectivity index (χ0) is 14.1. The summed E-state index contributed by atoms with van der Waals surface area (Å²) in [7, 11) is 1.50. The number of para-hydroxylation sites is 1. The average molecular weight is 272 g/mol. The monoisotopic (exact) mass is 272 g/mol. The number of nitrogens with one attached hydrogen (secondary N) is 3. The molecule has 3 rings (SSSR count). The molecule has 20 heavy (non-hydrogen) atoms. The van der Waals surface area contributed by atoms with E-state index in [2.05, 4.69) is 21.3 Å². The zero-order valence-corrected chi connectivity index (χ0v) is 10.6. The van der Waals surface area contributed by atoms with Crippen LogP contribution < -0.4 is 21.3 Å². The van der Waals surface area contributed by atoms with E-state index in [0.29, 0.717) is 11.5 Å². The highest BCUT2D eigenvalue weighted by molar-refractivity contribution is 6.02. The van der Waals surface area contributed by atoms with Crippen molar-refractivity contribution in [3.8, 4) is 0 Å². The maximum Gasteiger partial charge on any atom is 0.351 e. The van der Waals surface area contributed by atoms with Crippen molar-refractivity contribution in [1.82, 2.24) is 20.4 Å². The molecule has 0 spiro atoms. The minimum absolute atomic E-state index is 0.154. The number of rotatable bonds is 2. The lowest BCUT2D eigenvalue weighted by molar-refractivity contribution is 0.0959. The summed E-state index contributed by atoms with van der Waals surface area (Å²) in [4.78, 5) is 27.9. The molecule has 1 aliphatic heterocycles. The van der Waals surface area contributed by atoms with E-state index >= 15 is 0 Å². The maximum atomic E-state index is 12.4. The smallest absolute Gasteiger partial charge is 0.351 e. The van der Waals surface area contributed by atoms with E-state index in [0.717, 1.165) is 0 Å². The molecule has 8 nitrogen and oxygen atoms in total. The van der Waals surface area contributed by atoms with Crippen molar-refractivity contribution >= 4 is 23.4 Å². The van der Waals surface area contributed by atoms with Crippen LogP contribution in [0.2, 0.25) is 0 Å². The van der Waals surface area contributed by atoms with Gasteiger partial charge in [0.15, 0.2) is 11.5 Å². The molecular weight excluding hydrogens is 260 g/mol. The van der Waals surface area contributed by atoms with Crippen molar-refractivity contribution in [2.45, 2.75) is 0 Å². The Labute approximate surface area is 114 Å². The van der Waals surface area contributed by atoms with E-state index in [-0.39, 0.29) is 17.6 Å². The lowest BCUT2D eigenvalue weighted by atomic mass is 10.3. The maximum absolute atomic E-state index is 12.4. The molecule has 0 radical (unpaired) electrons. The molecule has 102 valence electrons. The number of imidazole rings is 1. The molecule has 8 heteroatoms. The van der Waals surface area contributed by atoms with Gasteiger partial charge in [-0.1, -0.05) is 18.2 Å². The molecule has 0 saturated carbocycles. The van der Waals surface area contributed by atoms with Gasteiger partial charge in [0.1, 0.15) is 6.33 Å². The Morgan fingerprint density at radius 1 is 1.30 bits per heavy atom. The minimum atomic E-state index is -0.367. The van der Waals surface area contributed by atoms with Gasteiger partial charge in [-0.15, -0.1) is 5.53 Å². The Hall–Kier alpha value is -2.87. The van der Waals surface area contributed by atoms with Gasteiger partial charge in [-0.05, 0) is 12.1 Å². The third-order valence-corrected chi connectivity index (χ3v) is 2.91. The molecule has 2 aromatic rings. The Morgan fingerprint density at radius 3 is 2.75 bits per heavy atom. The lowest BCUT2D eigenvalue weighted by Gasteiger charge is -2.29. The Balaban J connectivity index is 1.97. The van der Waals surface area contributed by atoms with Crippen LogP contribution in [0.15, 0.2) is 36.7 Å². The third kappa shape index (κ3) is 1.79. The number of hydrogen-bond acceptors (Lipinski definition) is 5.